The summed E-state index contributed by atoms with van der Waals surface area (Å²) in [5.41, 5.74) is 0.663. The van der Waals surface area contributed by atoms with Crippen LogP contribution in [0.15, 0.2) is 10.7 Å². The van der Waals surface area contributed by atoms with Crippen LogP contribution in [0.25, 0.3) is 0 Å². The summed E-state index contributed by atoms with van der Waals surface area (Å²) in [6.45, 7) is 5.23. The van der Waals surface area contributed by atoms with Gasteiger partial charge in [-0.05, 0) is 28.8 Å². The van der Waals surface area contributed by atoms with E-state index in [2.05, 4.69) is 21.0 Å². The first-order valence-electron chi connectivity index (χ1n) is 5.90. The predicted octanol–water partition coefficient (Wildman–Crippen LogP) is 2.91. The second-order valence-corrected chi connectivity index (χ2v) is 4.79. The number of nitrogens with zero attached hydrogens (tertiary/aromatic N) is 2. The number of rotatable bonds is 7. The van der Waals surface area contributed by atoms with E-state index in [1.165, 1.54) is 0 Å². The Balaban J connectivity index is 2.94. The molecule has 0 spiro atoms. The highest BCUT2D eigenvalue weighted by Gasteiger charge is 2.23. The fourth-order valence-corrected chi connectivity index (χ4v) is 2.30. The minimum absolute atomic E-state index is 0.0734. The molecule has 1 aromatic rings. The minimum atomic E-state index is 0.0734. The molecule has 17 heavy (non-hydrogen) atoms. The fraction of sp³-hybridized carbons (Fsp3) is 0.667. The van der Waals surface area contributed by atoms with Crippen molar-refractivity contribution in [1.82, 2.24) is 9.78 Å². The molecule has 0 N–H and O–H groups in total. The van der Waals surface area contributed by atoms with Crippen molar-refractivity contribution in [2.45, 2.75) is 33.2 Å². The Kier molecular flexibility index (Phi) is 5.85. The number of Topliss-reactive ketones (excluding diaryl/α,β-unsaturated/α-hetero) is 1. The molecule has 0 amide bonds. The first-order valence-corrected chi connectivity index (χ1v) is 6.69. The maximum absolute atomic E-state index is 12.3. The maximum atomic E-state index is 12.3. The first-order chi connectivity index (χ1) is 8.15. The second-order valence-electron chi connectivity index (χ2n) is 3.93. The topological polar surface area (TPSA) is 44.1 Å². The van der Waals surface area contributed by atoms with Crippen LogP contribution in [0.2, 0.25) is 0 Å². The molecular weight excluding hydrogens is 284 g/mol. The van der Waals surface area contributed by atoms with Gasteiger partial charge in [0.2, 0.25) is 0 Å². The highest BCUT2D eigenvalue weighted by Crippen LogP contribution is 2.22. The van der Waals surface area contributed by atoms with E-state index in [0.717, 1.165) is 17.3 Å². The molecule has 0 saturated heterocycles. The summed E-state index contributed by atoms with van der Waals surface area (Å²) in [5.74, 6) is 0.236. The molecule has 0 aromatic carbocycles. The van der Waals surface area contributed by atoms with E-state index in [1.807, 2.05) is 13.8 Å². The molecule has 1 rings (SSSR count). The summed E-state index contributed by atoms with van der Waals surface area (Å²) >= 11 is 3.39. The van der Waals surface area contributed by atoms with Crippen LogP contribution in [-0.4, -0.2) is 29.3 Å². The molecule has 0 saturated carbocycles. The normalized spacial score (nSPS) is 11.1. The zero-order valence-corrected chi connectivity index (χ0v) is 12.2. The van der Waals surface area contributed by atoms with Gasteiger partial charge in [0.15, 0.2) is 5.78 Å². The van der Waals surface area contributed by atoms with Gasteiger partial charge in [-0.15, -0.1) is 0 Å². The molecule has 4 nitrogen and oxygen atoms in total. The number of hydrogen-bond acceptors (Lipinski definition) is 3. The minimum Gasteiger partial charge on any atom is -0.383 e. The van der Waals surface area contributed by atoms with E-state index in [0.29, 0.717) is 18.8 Å². The third-order valence-electron chi connectivity index (χ3n) is 2.89. The molecular formula is C12H19BrN2O2. The largest absolute Gasteiger partial charge is 0.383 e. The van der Waals surface area contributed by atoms with Crippen LogP contribution in [-0.2, 0) is 11.3 Å². The lowest BCUT2D eigenvalue weighted by molar-refractivity contribution is 0.0898. The third kappa shape index (κ3) is 3.39. The molecule has 0 radical (unpaired) electrons. The number of halogens is 1. The highest BCUT2D eigenvalue weighted by atomic mass is 79.9. The molecule has 0 aliphatic rings. The maximum Gasteiger partial charge on any atom is 0.185 e. The summed E-state index contributed by atoms with van der Waals surface area (Å²) < 4.78 is 7.50. The molecule has 0 unspecified atom stereocenters. The lowest BCUT2D eigenvalue weighted by Crippen LogP contribution is -2.20. The van der Waals surface area contributed by atoms with Crippen molar-refractivity contribution >= 4 is 21.7 Å². The van der Waals surface area contributed by atoms with E-state index in [1.54, 1.807) is 18.0 Å². The quantitative estimate of drug-likeness (QED) is 0.728. The summed E-state index contributed by atoms with van der Waals surface area (Å²) in [7, 11) is 1.64. The van der Waals surface area contributed by atoms with Gasteiger partial charge in [-0.1, -0.05) is 13.8 Å². The van der Waals surface area contributed by atoms with Gasteiger partial charge in [0, 0.05) is 13.0 Å². The van der Waals surface area contributed by atoms with Crippen molar-refractivity contribution in [2.24, 2.45) is 5.92 Å². The van der Waals surface area contributed by atoms with Crippen LogP contribution in [0, 0.1) is 5.92 Å². The molecule has 5 heteroatoms. The Morgan fingerprint density at radius 1 is 1.53 bits per heavy atom. The Labute approximate surface area is 110 Å². The van der Waals surface area contributed by atoms with E-state index in [4.69, 9.17) is 4.74 Å². The van der Waals surface area contributed by atoms with Crippen molar-refractivity contribution in [3.63, 3.8) is 0 Å². The number of ether oxygens (including phenoxy) is 1. The van der Waals surface area contributed by atoms with Gasteiger partial charge >= 0.3 is 0 Å². The van der Waals surface area contributed by atoms with Crippen LogP contribution < -0.4 is 0 Å². The van der Waals surface area contributed by atoms with Crippen LogP contribution in [0.4, 0.5) is 0 Å². The van der Waals surface area contributed by atoms with E-state index in [9.17, 15) is 4.79 Å². The van der Waals surface area contributed by atoms with Gasteiger partial charge in [-0.2, -0.15) is 5.10 Å². The second kappa shape index (κ2) is 6.91. The SMILES string of the molecule is CCC(CC)C(=O)c1c(Br)cnn1CCOC. The summed E-state index contributed by atoms with van der Waals surface area (Å²) in [4.78, 5) is 12.3. The Morgan fingerprint density at radius 2 is 2.18 bits per heavy atom. The van der Waals surface area contributed by atoms with Crippen LogP contribution in [0.3, 0.4) is 0 Å². The smallest absolute Gasteiger partial charge is 0.185 e. The van der Waals surface area contributed by atoms with Crippen LogP contribution in [0.5, 0.6) is 0 Å². The van der Waals surface area contributed by atoms with Crippen molar-refractivity contribution in [2.75, 3.05) is 13.7 Å². The molecule has 0 aliphatic carbocycles. The van der Waals surface area contributed by atoms with Crippen molar-refractivity contribution < 1.29 is 9.53 Å². The van der Waals surface area contributed by atoms with Crippen LogP contribution in [0.1, 0.15) is 37.2 Å². The molecule has 0 fully saturated rings. The molecule has 1 aromatic heterocycles. The highest BCUT2D eigenvalue weighted by molar-refractivity contribution is 9.10. The van der Waals surface area contributed by atoms with E-state index < -0.39 is 0 Å². The molecule has 0 aliphatic heterocycles. The number of carbonyl (C=O) groups is 1. The number of ketones is 1. The van der Waals surface area contributed by atoms with Crippen molar-refractivity contribution in [3.05, 3.63) is 16.4 Å². The standard InChI is InChI=1S/C12H19BrN2O2/c1-4-9(5-2)12(16)11-10(13)8-14-15(11)6-7-17-3/h8-9H,4-7H2,1-3H3. The van der Waals surface area contributed by atoms with Crippen molar-refractivity contribution in [1.29, 1.82) is 0 Å². The van der Waals surface area contributed by atoms with Crippen molar-refractivity contribution in [3.8, 4) is 0 Å². The number of carbonyl (C=O) groups excluding carboxylic acids is 1. The van der Waals surface area contributed by atoms with Crippen LogP contribution >= 0.6 is 15.9 Å². The zero-order chi connectivity index (χ0) is 12.8. The van der Waals surface area contributed by atoms with E-state index >= 15 is 0 Å². The lowest BCUT2D eigenvalue weighted by atomic mass is 9.96. The van der Waals surface area contributed by atoms with Gasteiger partial charge in [0.25, 0.3) is 0 Å². The Hall–Kier alpha value is -0.680. The Bertz CT molecular complexity index is 373. The summed E-state index contributed by atoms with van der Waals surface area (Å²) in [5, 5.41) is 4.19. The molecule has 96 valence electrons. The van der Waals surface area contributed by atoms with Gasteiger partial charge < -0.3 is 4.74 Å². The summed E-state index contributed by atoms with van der Waals surface area (Å²) in [6, 6.07) is 0. The average Bonchev–Trinajstić information content (AvgIpc) is 2.69. The number of aromatic nitrogens is 2. The predicted molar refractivity (Wildman–Crippen MR) is 70.2 cm³/mol. The van der Waals surface area contributed by atoms with Gasteiger partial charge in [0.05, 0.1) is 23.8 Å². The number of hydrogen-bond donors (Lipinski definition) is 0. The van der Waals surface area contributed by atoms with Gasteiger partial charge in [-0.3, -0.25) is 9.48 Å². The summed E-state index contributed by atoms with van der Waals surface area (Å²) in [6.07, 6.45) is 3.39. The average molecular weight is 303 g/mol. The molecule has 0 atom stereocenters. The molecule has 0 bridgehead atoms. The number of methoxy groups -OCH3 is 1. The lowest BCUT2D eigenvalue weighted by Gasteiger charge is -2.13. The fourth-order valence-electron chi connectivity index (χ4n) is 1.81. The third-order valence-corrected chi connectivity index (χ3v) is 3.47. The van der Waals surface area contributed by atoms with Gasteiger partial charge in [-0.25, -0.2) is 0 Å². The monoisotopic (exact) mass is 302 g/mol. The Morgan fingerprint density at radius 3 is 2.71 bits per heavy atom. The van der Waals surface area contributed by atoms with Gasteiger partial charge in [0.1, 0.15) is 5.69 Å². The molecule has 1 heterocycles. The van der Waals surface area contributed by atoms with E-state index in [-0.39, 0.29) is 11.7 Å². The first kappa shape index (κ1) is 14.4. The zero-order valence-electron chi connectivity index (χ0n) is 10.6.